The molecular weight excluding hydrogens is 527 g/mol. The number of anilines is 1. The summed E-state index contributed by atoms with van der Waals surface area (Å²) < 4.78 is 41.4. The Labute approximate surface area is 224 Å². The number of hydrogen-bond acceptors (Lipinski definition) is 4. The molecule has 0 aliphatic carbocycles. The SMILES string of the molecule is O=C1Nc2cc(C=CCNC(=O)c3cccn(Cc4cc(F)c(F)c(F)c4)c3=O)ccc2C1=Cc1cccs1. The number of thiophene rings is 1. The molecule has 6 nitrogen and oxygen atoms in total. The summed E-state index contributed by atoms with van der Waals surface area (Å²) in [6.45, 7) is -0.123. The summed E-state index contributed by atoms with van der Waals surface area (Å²) in [5.74, 6) is -5.11. The van der Waals surface area contributed by atoms with Crippen LogP contribution in [0, 0.1) is 17.5 Å². The van der Waals surface area contributed by atoms with Crippen molar-refractivity contribution in [3.05, 3.63) is 127 Å². The molecule has 0 saturated carbocycles. The maximum absolute atomic E-state index is 13.5. The number of rotatable bonds is 7. The van der Waals surface area contributed by atoms with Gasteiger partial charge in [-0.15, -0.1) is 11.3 Å². The van der Waals surface area contributed by atoms with Gasteiger partial charge in [0, 0.05) is 28.9 Å². The zero-order valence-electron chi connectivity index (χ0n) is 20.2. The quantitative estimate of drug-likeness (QED) is 0.243. The van der Waals surface area contributed by atoms with E-state index in [1.807, 2.05) is 41.8 Å². The lowest BCUT2D eigenvalue weighted by molar-refractivity contribution is -0.110. The largest absolute Gasteiger partial charge is 0.348 e. The fourth-order valence-electron chi connectivity index (χ4n) is 4.15. The molecular formula is C29H20F3N3O3S. The van der Waals surface area contributed by atoms with E-state index >= 15 is 0 Å². The molecule has 1 aliphatic rings. The third kappa shape index (κ3) is 5.60. The molecule has 5 rings (SSSR count). The second-order valence-electron chi connectivity index (χ2n) is 8.67. The van der Waals surface area contributed by atoms with E-state index in [9.17, 15) is 27.6 Å². The third-order valence-electron chi connectivity index (χ3n) is 6.01. The zero-order valence-corrected chi connectivity index (χ0v) is 21.0. The molecule has 0 bridgehead atoms. The number of nitrogens with zero attached hydrogens (tertiary/aromatic N) is 1. The van der Waals surface area contributed by atoms with Gasteiger partial charge in [-0.1, -0.05) is 30.4 Å². The van der Waals surface area contributed by atoms with Crippen molar-refractivity contribution in [1.82, 2.24) is 9.88 Å². The molecule has 2 N–H and O–H groups in total. The van der Waals surface area contributed by atoms with E-state index in [1.54, 1.807) is 23.5 Å². The van der Waals surface area contributed by atoms with Gasteiger partial charge in [0.15, 0.2) is 17.5 Å². The zero-order chi connectivity index (χ0) is 27.5. The minimum absolute atomic E-state index is 0.0358. The first-order chi connectivity index (χ1) is 18.8. The average Bonchev–Trinajstić information content (AvgIpc) is 3.53. The van der Waals surface area contributed by atoms with E-state index in [-0.39, 0.29) is 30.1 Å². The van der Waals surface area contributed by atoms with Gasteiger partial charge in [-0.05, 0) is 59.0 Å². The highest BCUT2D eigenvalue weighted by atomic mass is 32.1. The Kier molecular flexibility index (Phi) is 7.29. The molecule has 2 amide bonds. The van der Waals surface area contributed by atoms with Gasteiger partial charge in [0.2, 0.25) is 0 Å². The molecule has 0 spiro atoms. The van der Waals surface area contributed by atoms with Crippen LogP contribution in [0.5, 0.6) is 0 Å². The van der Waals surface area contributed by atoms with Crippen LogP contribution in [0.3, 0.4) is 0 Å². The number of benzene rings is 2. The number of carbonyl (C=O) groups excluding carboxylic acids is 2. The minimum Gasteiger partial charge on any atom is -0.348 e. The van der Waals surface area contributed by atoms with Crippen LogP contribution in [0.25, 0.3) is 17.7 Å². The smallest absolute Gasteiger partial charge is 0.263 e. The van der Waals surface area contributed by atoms with Gasteiger partial charge in [-0.3, -0.25) is 14.4 Å². The molecule has 3 heterocycles. The summed E-state index contributed by atoms with van der Waals surface area (Å²) in [4.78, 5) is 38.8. The number of pyridine rings is 1. The highest BCUT2D eigenvalue weighted by Gasteiger charge is 2.24. The third-order valence-corrected chi connectivity index (χ3v) is 6.83. The summed E-state index contributed by atoms with van der Waals surface area (Å²) >= 11 is 1.54. The van der Waals surface area contributed by atoms with Crippen LogP contribution in [0.4, 0.5) is 18.9 Å². The van der Waals surface area contributed by atoms with Crippen LogP contribution >= 0.6 is 11.3 Å². The van der Waals surface area contributed by atoms with E-state index in [0.29, 0.717) is 11.3 Å². The van der Waals surface area contributed by atoms with Gasteiger partial charge in [-0.25, -0.2) is 13.2 Å². The lowest BCUT2D eigenvalue weighted by Crippen LogP contribution is -2.33. The standard InChI is InChI=1S/C29H20F3N3O3S/c30-23-12-18(13-24(31)26(23)32)16-35-10-2-6-21(29(35)38)27(36)33-9-1-4-17-7-8-20-22(15-19-5-3-11-39-19)28(37)34-25(20)14-17/h1-8,10-15H,9,16H2,(H,33,36)(H,34,37). The Morgan fingerprint density at radius 2 is 1.82 bits per heavy atom. The summed E-state index contributed by atoms with van der Waals surface area (Å²) in [6, 6.07) is 13.8. The monoisotopic (exact) mass is 547 g/mol. The first kappa shape index (κ1) is 25.9. The van der Waals surface area contributed by atoms with E-state index in [4.69, 9.17) is 0 Å². The Balaban J connectivity index is 1.23. The van der Waals surface area contributed by atoms with Crippen molar-refractivity contribution in [3.63, 3.8) is 0 Å². The summed E-state index contributed by atoms with van der Waals surface area (Å²) in [6.07, 6.45) is 6.69. The predicted octanol–water partition coefficient (Wildman–Crippen LogP) is 5.31. The number of halogens is 3. The molecule has 0 fully saturated rings. The van der Waals surface area contributed by atoms with Crippen LogP contribution < -0.4 is 16.2 Å². The maximum Gasteiger partial charge on any atom is 0.263 e. The van der Waals surface area contributed by atoms with Gasteiger partial charge in [0.1, 0.15) is 5.56 Å². The summed E-state index contributed by atoms with van der Waals surface area (Å²) in [5.41, 5.74) is 2.13. The summed E-state index contributed by atoms with van der Waals surface area (Å²) in [7, 11) is 0. The van der Waals surface area contributed by atoms with Crippen molar-refractivity contribution in [2.45, 2.75) is 6.54 Å². The fourth-order valence-corrected chi connectivity index (χ4v) is 4.80. The lowest BCUT2D eigenvalue weighted by Gasteiger charge is -2.09. The molecule has 39 heavy (non-hydrogen) atoms. The highest BCUT2D eigenvalue weighted by Crippen LogP contribution is 2.34. The molecule has 2 aromatic heterocycles. The van der Waals surface area contributed by atoms with Gasteiger partial charge in [0.25, 0.3) is 17.4 Å². The lowest BCUT2D eigenvalue weighted by atomic mass is 10.0. The van der Waals surface area contributed by atoms with E-state index in [0.717, 1.165) is 32.7 Å². The van der Waals surface area contributed by atoms with Crippen molar-refractivity contribution in [2.75, 3.05) is 11.9 Å². The van der Waals surface area contributed by atoms with Crippen LogP contribution in [0.15, 0.2) is 77.0 Å². The molecule has 0 unspecified atom stereocenters. The minimum atomic E-state index is -1.59. The average molecular weight is 548 g/mol. The second kappa shape index (κ2) is 11.0. The highest BCUT2D eigenvalue weighted by molar-refractivity contribution is 7.11. The van der Waals surface area contributed by atoms with E-state index in [1.165, 1.54) is 18.3 Å². The summed E-state index contributed by atoms with van der Waals surface area (Å²) in [5, 5.41) is 7.44. The van der Waals surface area contributed by atoms with Crippen molar-refractivity contribution < 1.29 is 22.8 Å². The van der Waals surface area contributed by atoms with Crippen LogP contribution in [-0.2, 0) is 11.3 Å². The Bertz CT molecular complexity index is 1690. The van der Waals surface area contributed by atoms with E-state index < -0.39 is 28.9 Å². The van der Waals surface area contributed by atoms with Gasteiger partial charge < -0.3 is 15.2 Å². The Morgan fingerprint density at radius 1 is 1.03 bits per heavy atom. The normalized spacial score (nSPS) is 13.6. The number of amides is 2. The van der Waals surface area contributed by atoms with Crippen LogP contribution in [0.1, 0.15) is 31.9 Å². The molecule has 196 valence electrons. The molecule has 0 saturated heterocycles. The van der Waals surface area contributed by atoms with Gasteiger partial charge in [-0.2, -0.15) is 0 Å². The number of nitrogens with one attached hydrogen (secondary N) is 2. The van der Waals surface area contributed by atoms with E-state index in [2.05, 4.69) is 10.6 Å². The number of aromatic nitrogens is 1. The number of carbonyl (C=O) groups is 2. The van der Waals surface area contributed by atoms with Crippen molar-refractivity contribution in [1.29, 1.82) is 0 Å². The Hall–Kier alpha value is -4.70. The maximum atomic E-state index is 13.5. The molecule has 1 aliphatic heterocycles. The molecule has 10 heteroatoms. The Morgan fingerprint density at radius 3 is 2.56 bits per heavy atom. The molecule has 4 aromatic rings. The molecule has 0 radical (unpaired) electrons. The van der Waals surface area contributed by atoms with Gasteiger partial charge >= 0.3 is 0 Å². The number of hydrogen-bond donors (Lipinski definition) is 2. The van der Waals surface area contributed by atoms with Crippen molar-refractivity contribution in [2.24, 2.45) is 0 Å². The number of fused-ring (bicyclic) bond motifs is 1. The molecule has 2 aromatic carbocycles. The predicted molar refractivity (Wildman–Crippen MR) is 145 cm³/mol. The first-order valence-electron chi connectivity index (χ1n) is 11.8. The van der Waals surface area contributed by atoms with Crippen LogP contribution in [0.2, 0.25) is 0 Å². The molecule has 0 atom stereocenters. The fraction of sp³-hybridized carbons (Fsp3) is 0.0690. The topological polar surface area (TPSA) is 80.2 Å². The van der Waals surface area contributed by atoms with Crippen LogP contribution in [-0.4, -0.2) is 22.9 Å². The van der Waals surface area contributed by atoms with Crippen molar-refractivity contribution >= 4 is 46.6 Å². The van der Waals surface area contributed by atoms with Gasteiger partial charge in [0.05, 0.1) is 12.1 Å². The van der Waals surface area contributed by atoms with Crippen molar-refractivity contribution in [3.8, 4) is 0 Å². The first-order valence-corrected chi connectivity index (χ1v) is 12.7. The second-order valence-corrected chi connectivity index (χ2v) is 9.65.